The number of rotatable bonds is 35. The van der Waals surface area contributed by atoms with Crippen LogP contribution in [-0.4, -0.2) is 154 Å². The van der Waals surface area contributed by atoms with Crippen LogP contribution < -0.4 is 10.5 Å². The van der Waals surface area contributed by atoms with Crippen molar-refractivity contribution in [2.75, 3.05) is 151 Å². The van der Waals surface area contributed by atoms with Gasteiger partial charge in [-0.05, 0) is 30.3 Å². The van der Waals surface area contributed by atoms with Crippen molar-refractivity contribution in [1.29, 1.82) is 0 Å². The minimum atomic E-state index is -1.70. The fraction of sp³-hybridized carbons (Fsp3) is 0.824. The molecule has 0 bridgehead atoms. The number of nitrogens with two attached hydrogens (primary N) is 1. The Kier molecular flexibility index (Phi) is 28.3. The van der Waals surface area contributed by atoms with Gasteiger partial charge in [-0.1, -0.05) is 32.9 Å². The third-order valence-electron chi connectivity index (χ3n) is 7.25. The normalized spacial score (nSPS) is 12.2. The van der Waals surface area contributed by atoms with Gasteiger partial charge in [0.2, 0.25) is 0 Å². The van der Waals surface area contributed by atoms with Crippen molar-refractivity contribution in [2.24, 2.45) is 0 Å². The lowest BCUT2D eigenvalue weighted by Crippen LogP contribution is -2.41. The zero-order valence-electron chi connectivity index (χ0n) is 30.3. The van der Waals surface area contributed by atoms with Gasteiger partial charge in [-0.2, -0.15) is 0 Å². The number of nitrogen functional groups attached to an aromatic ring is 1. The second kappa shape index (κ2) is 30.4. The Morgan fingerprint density at radius 1 is 0.438 bits per heavy atom. The Morgan fingerprint density at radius 2 is 0.708 bits per heavy atom. The quantitative estimate of drug-likeness (QED) is 0.0622. The molecule has 0 aliphatic rings. The number of ether oxygens (including phenoxy) is 11. The van der Waals surface area contributed by atoms with Gasteiger partial charge in [-0.25, -0.2) is 0 Å². The first-order valence-corrected chi connectivity index (χ1v) is 20.0. The molecule has 0 aliphatic heterocycles. The first kappa shape index (κ1) is 44.6. The molecule has 1 rings (SSSR count). The Morgan fingerprint density at radius 3 is 1.00 bits per heavy atom. The highest BCUT2D eigenvalue weighted by Gasteiger charge is 2.36. The predicted molar refractivity (Wildman–Crippen MR) is 188 cm³/mol. The number of hydrogen-bond acceptors (Lipinski definition) is 13. The van der Waals surface area contributed by atoms with E-state index in [0.717, 1.165) is 0 Å². The first-order valence-electron chi connectivity index (χ1n) is 17.1. The van der Waals surface area contributed by atoms with Crippen molar-refractivity contribution in [3.63, 3.8) is 0 Å². The molecule has 0 saturated carbocycles. The van der Waals surface area contributed by atoms with E-state index in [-0.39, 0.29) is 5.04 Å². The summed E-state index contributed by atoms with van der Waals surface area (Å²) in [6.07, 6.45) is 0. The molecule has 0 unspecified atom stereocenters. The number of anilines is 1. The van der Waals surface area contributed by atoms with Crippen molar-refractivity contribution >= 4 is 14.0 Å². The van der Waals surface area contributed by atoms with Gasteiger partial charge in [0.05, 0.1) is 144 Å². The van der Waals surface area contributed by atoms with E-state index in [4.69, 9.17) is 62.3 Å². The summed E-state index contributed by atoms with van der Waals surface area (Å²) in [6.45, 7) is 22.6. The summed E-state index contributed by atoms with van der Waals surface area (Å²) < 4.78 is 66.7. The van der Waals surface area contributed by atoms with Gasteiger partial charge < -0.3 is 62.3 Å². The molecule has 2 N–H and O–H groups in total. The smallest absolute Gasteiger partial charge is 0.192 e. The topological polar surface area (TPSA) is 137 Å². The molecule has 1 aromatic rings. The summed E-state index contributed by atoms with van der Waals surface area (Å²) in [6, 6.07) is 7.38. The second-order valence-corrected chi connectivity index (χ2v) is 16.9. The highest BCUT2D eigenvalue weighted by Crippen LogP contribution is 2.36. The van der Waals surface area contributed by atoms with Gasteiger partial charge in [0.25, 0.3) is 0 Å². The second-order valence-electron chi connectivity index (χ2n) is 12.1. The van der Waals surface area contributed by atoms with E-state index in [2.05, 4.69) is 33.9 Å². The summed E-state index contributed by atoms with van der Waals surface area (Å²) in [5, 5.41) is 0.216. The fourth-order valence-electron chi connectivity index (χ4n) is 3.48. The van der Waals surface area contributed by atoms with Crippen LogP contribution >= 0.6 is 0 Å². The summed E-state index contributed by atoms with van der Waals surface area (Å²) in [5.74, 6) is 0.669. The van der Waals surface area contributed by atoms with E-state index in [9.17, 15) is 0 Å². The van der Waals surface area contributed by atoms with Gasteiger partial charge in [0.1, 0.15) is 12.4 Å². The summed E-state index contributed by atoms with van der Waals surface area (Å²) in [5.41, 5.74) is 6.44. The Bertz CT molecular complexity index is 847. The summed E-state index contributed by atoms with van der Waals surface area (Å²) in [7, 11) is -1.70. The molecule has 0 saturated heterocycles. The summed E-state index contributed by atoms with van der Waals surface area (Å²) >= 11 is 0. The van der Waals surface area contributed by atoms with Gasteiger partial charge in [-0.15, -0.1) is 0 Å². The number of para-hydroxylation sites is 2. The molecule has 0 amide bonds. The van der Waals surface area contributed by atoms with E-state index in [1.807, 2.05) is 18.2 Å². The maximum atomic E-state index is 6.08. The highest BCUT2D eigenvalue weighted by atomic mass is 28.4. The minimum absolute atomic E-state index is 0.216. The van der Waals surface area contributed by atoms with Crippen LogP contribution in [0.4, 0.5) is 5.69 Å². The molecule has 0 heterocycles. The van der Waals surface area contributed by atoms with Crippen molar-refractivity contribution in [2.45, 2.75) is 38.9 Å². The lowest BCUT2D eigenvalue weighted by Gasteiger charge is -2.36. The lowest BCUT2D eigenvalue weighted by molar-refractivity contribution is -0.0270. The molecule has 13 nitrogen and oxygen atoms in total. The Balaban J connectivity index is 1.66. The monoisotopic (exact) mass is 707 g/mol. The third-order valence-corrected chi connectivity index (χ3v) is 11.8. The van der Waals surface area contributed by atoms with E-state index in [1.54, 1.807) is 6.07 Å². The van der Waals surface area contributed by atoms with Crippen LogP contribution in [0.25, 0.3) is 0 Å². The van der Waals surface area contributed by atoms with Gasteiger partial charge >= 0.3 is 0 Å². The molecule has 1 aromatic carbocycles. The van der Waals surface area contributed by atoms with E-state index >= 15 is 0 Å². The lowest BCUT2D eigenvalue weighted by atomic mass is 10.2. The van der Waals surface area contributed by atoms with Gasteiger partial charge in [0, 0.05) is 0 Å². The molecule has 14 heteroatoms. The first-order chi connectivity index (χ1) is 23.2. The molecule has 0 spiro atoms. The largest absolute Gasteiger partial charge is 0.489 e. The number of benzene rings is 1. The maximum Gasteiger partial charge on any atom is 0.192 e. The summed E-state index contributed by atoms with van der Waals surface area (Å²) in [4.78, 5) is 0. The van der Waals surface area contributed by atoms with Crippen LogP contribution in [0.15, 0.2) is 24.3 Å². The molecule has 0 aliphatic carbocycles. The molecule has 0 atom stereocenters. The van der Waals surface area contributed by atoms with E-state index in [0.29, 0.717) is 157 Å². The standard InChI is InChI=1S/C34H65NO12Si/c1-34(2,3)48(4,5)47-31-29-45-27-25-43-23-21-41-19-17-39-15-13-37-11-10-36-12-14-38-16-18-40-20-22-42-24-26-44-28-30-46-33-9-7-6-8-32(33)35/h6-9H,10-31,35H2,1-5H3. The van der Waals surface area contributed by atoms with Gasteiger partial charge in [-0.3, -0.25) is 0 Å². The zero-order valence-corrected chi connectivity index (χ0v) is 31.3. The Labute approximate surface area is 290 Å². The molecular formula is C34H65NO12Si. The van der Waals surface area contributed by atoms with E-state index < -0.39 is 8.32 Å². The molecule has 282 valence electrons. The minimum Gasteiger partial charge on any atom is -0.489 e. The van der Waals surface area contributed by atoms with Crippen molar-refractivity contribution in [3.05, 3.63) is 24.3 Å². The van der Waals surface area contributed by atoms with Crippen molar-refractivity contribution in [3.8, 4) is 5.75 Å². The molecule has 0 fully saturated rings. The molecule has 0 radical (unpaired) electrons. The Hall–Kier alpha value is -1.40. The van der Waals surface area contributed by atoms with Crippen molar-refractivity contribution < 1.29 is 56.5 Å². The zero-order chi connectivity index (χ0) is 35.0. The van der Waals surface area contributed by atoms with Crippen LogP contribution in [0.5, 0.6) is 5.75 Å². The van der Waals surface area contributed by atoms with Crippen molar-refractivity contribution in [1.82, 2.24) is 0 Å². The van der Waals surface area contributed by atoms with Gasteiger partial charge in [0.15, 0.2) is 8.32 Å². The fourth-order valence-corrected chi connectivity index (χ4v) is 4.50. The van der Waals surface area contributed by atoms with Crippen LogP contribution in [0.2, 0.25) is 18.1 Å². The SMILES string of the molecule is CC(C)(C)[Si](C)(C)OCCOCCOCCOCCOCCOCCOCCOCCOCCOCCOCCOc1ccccc1N. The third kappa shape index (κ3) is 26.5. The highest BCUT2D eigenvalue weighted by molar-refractivity contribution is 6.74. The van der Waals surface area contributed by atoms with Crippen LogP contribution in [0.3, 0.4) is 0 Å². The van der Waals surface area contributed by atoms with Crippen LogP contribution in [0, 0.1) is 0 Å². The predicted octanol–water partition coefficient (Wildman–Crippen LogP) is 3.84. The average Bonchev–Trinajstić information content (AvgIpc) is 3.05. The van der Waals surface area contributed by atoms with E-state index in [1.165, 1.54) is 0 Å². The van der Waals surface area contributed by atoms with Crippen LogP contribution in [0.1, 0.15) is 20.8 Å². The van der Waals surface area contributed by atoms with Crippen LogP contribution in [-0.2, 0) is 51.8 Å². The molecule has 48 heavy (non-hydrogen) atoms. The molecule has 0 aromatic heterocycles. The molecular weight excluding hydrogens is 642 g/mol. The average molecular weight is 708 g/mol. The number of hydrogen-bond donors (Lipinski definition) is 1. The maximum absolute atomic E-state index is 6.08.